The third kappa shape index (κ3) is 1.87. The van der Waals surface area contributed by atoms with Gasteiger partial charge in [-0.3, -0.25) is 4.99 Å². The Balaban J connectivity index is 2.30. The average Bonchev–Trinajstić information content (AvgIpc) is 2.62. The minimum absolute atomic E-state index is 0.287. The van der Waals surface area contributed by atoms with Crippen LogP contribution in [0.3, 0.4) is 0 Å². The van der Waals surface area contributed by atoms with Crippen LogP contribution in [0.2, 0.25) is 10.0 Å². The van der Waals surface area contributed by atoms with Crippen LogP contribution in [0.4, 0.5) is 0 Å². The van der Waals surface area contributed by atoms with Gasteiger partial charge in [-0.2, -0.15) is 0 Å². The lowest BCUT2D eigenvalue weighted by atomic mass is 10.1. The second-order valence-electron chi connectivity index (χ2n) is 3.10. The van der Waals surface area contributed by atoms with Crippen molar-refractivity contribution in [2.75, 3.05) is 0 Å². The molecule has 0 N–H and O–H groups in total. The monoisotopic (exact) mass is 213 g/mol. The highest BCUT2D eigenvalue weighted by Gasteiger charge is 2.13. The molecule has 0 saturated carbocycles. The molecule has 1 unspecified atom stereocenters. The van der Waals surface area contributed by atoms with Gasteiger partial charge in [-0.1, -0.05) is 29.3 Å². The minimum Gasteiger partial charge on any atom is -0.289 e. The molecule has 0 bridgehead atoms. The Hall–Kier alpha value is -0.530. The summed E-state index contributed by atoms with van der Waals surface area (Å²) in [5, 5.41) is 1.22. The van der Waals surface area contributed by atoms with Crippen molar-refractivity contribution in [2.24, 2.45) is 4.99 Å². The van der Waals surface area contributed by atoms with Gasteiger partial charge < -0.3 is 0 Å². The number of rotatable bonds is 1. The lowest BCUT2D eigenvalue weighted by molar-refractivity contribution is 0.723. The van der Waals surface area contributed by atoms with E-state index < -0.39 is 0 Å². The molecule has 1 aromatic rings. The molecule has 2 rings (SSSR count). The molecule has 0 amide bonds. The third-order valence-electron chi connectivity index (χ3n) is 2.18. The molecular weight excluding hydrogens is 205 g/mol. The van der Waals surface area contributed by atoms with Crippen molar-refractivity contribution in [3.63, 3.8) is 0 Å². The molecular formula is C10H9Cl2N. The van der Waals surface area contributed by atoms with Crippen LogP contribution in [0.25, 0.3) is 0 Å². The number of hydrogen-bond donors (Lipinski definition) is 0. The van der Waals surface area contributed by atoms with Gasteiger partial charge in [0.2, 0.25) is 0 Å². The first-order valence-corrected chi connectivity index (χ1v) is 4.99. The summed E-state index contributed by atoms with van der Waals surface area (Å²) in [5.41, 5.74) is 1.16. The van der Waals surface area contributed by atoms with E-state index in [9.17, 15) is 0 Å². The van der Waals surface area contributed by atoms with Crippen LogP contribution in [0, 0.1) is 0 Å². The standard InChI is InChI=1S/C10H9Cl2N/c11-8-4-3-7(6-9(8)12)10-2-1-5-13-10/h3-6,10H,1-2H2. The highest BCUT2D eigenvalue weighted by atomic mass is 35.5. The first-order chi connectivity index (χ1) is 6.27. The highest BCUT2D eigenvalue weighted by Crippen LogP contribution is 2.31. The molecule has 1 aliphatic rings. The van der Waals surface area contributed by atoms with Gasteiger partial charge >= 0.3 is 0 Å². The van der Waals surface area contributed by atoms with Gasteiger partial charge in [-0.05, 0) is 36.8 Å². The first-order valence-electron chi connectivity index (χ1n) is 4.24. The van der Waals surface area contributed by atoms with Crippen LogP contribution in [0.1, 0.15) is 24.4 Å². The van der Waals surface area contributed by atoms with Gasteiger partial charge in [0.05, 0.1) is 16.1 Å². The van der Waals surface area contributed by atoms with Crippen molar-refractivity contribution < 1.29 is 0 Å². The summed E-state index contributed by atoms with van der Waals surface area (Å²) in [5.74, 6) is 0. The second-order valence-corrected chi connectivity index (χ2v) is 3.91. The SMILES string of the molecule is Clc1ccc(C2CCC=N2)cc1Cl. The van der Waals surface area contributed by atoms with E-state index in [-0.39, 0.29) is 6.04 Å². The summed E-state index contributed by atoms with van der Waals surface area (Å²) in [6.45, 7) is 0. The Morgan fingerprint density at radius 3 is 2.69 bits per heavy atom. The number of aliphatic imine (C=N–C) groups is 1. The Morgan fingerprint density at radius 1 is 1.23 bits per heavy atom. The zero-order chi connectivity index (χ0) is 9.26. The molecule has 1 heterocycles. The summed E-state index contributed by atoms with van der Waals surface area (Å²) >= 11 is 11.7. The molecule has 0 spiro atoms. The summed E-state index contributed by atoms with van der Waals surface area (Å²) in [7, 11) is 0. The normalized spacial score (nSPS) is 20.9. The van der Waals surface area contributed by atoms with Crippen molar-refractivity contribution in [3.8, 4) is 0 Å². The van der Waals surface area contributed by atoms with Crippen LogP contribution in [-0.2, 0) is 0 Å². The van der Waals surface area contributed by atoms with E-state index >= 15 is 0 Å². The van der Waals surface area contributed by atoms with Crippen LogP contribution in [0.15, 0.2) is 23.2 Å². The van der Waals surface area contributed by atoms with Gasteiger partial charge in [0, 0.05) is 0 Å². The maximum atomic E-state index is 5.91. The number of halogens is 2. The molecule has 0 aromatic heterocycles. The minimum atomic E-state index is 0.287. The third-order valence-corrected chi connectivity index (χ3v) is 2.92. The lowest BCUT2D eigenvalue weighted by Crippen LogP contribution is -1.90. The zero-order valence-electron chi connectivity index (χ0n) is 7.00. The summed E-state index contributed by atoms with van der Waals surface area (Å²) < 4.78 is 0. The highest BCUT2D eigenvalue weighted by molar-refractivity contribution is 6.42. The Kier molecular flexibility index (Phi) is 2.56. The fourth-order valence-electron chi connectivity index (χ4n) is 1.48. The van der Waals surface area contributed by atoms with Gasteiger partial charge in [0.1, 0.15) is 0 Å². The largest absolute Gasteiger partial charge is 0.289 e. The Morgan fingerprint density at radius 2 is 2.08 bits per heavy atom. The van der Waals surface area contributed by atoms with Crippen LogP contribution in [-0.4, -0.2) is 6.21 Å². The maximum Gasteiger partial charge on any atom is 0.0749 e. The predicted molar refractivity (Wildman–Crippen MR) is 56.9 cm³/mol. The van der Waals surface area contributed by atoms with Gasteiger partial charge in [-0.25, -0.2) is 0 Å². The molecule has 0 aliphatic carbocycles. The topological polar surface area (TPSA) is 12.4 Å². The van der Waals surface area contributed by atoms with Crippen molar-refractivity contribution in [2.45, 2.75) is 18.9 Å². The zero-order valence-corrected chi connectivity index (χ0v) is 8.52. The average molecular weight is 214 g/mol. The molecule has 3 heteroatoms. The fraction of sp³-hybridized carbons (Fsp3) is 0.300. The van der Waals surface area contributed by atoms with E-state index in [1.54, 1.807) is 0 Å². The van der Waals surface area contributed by atoms with E-state index in [0.717, 1.165) is 18.4 Å². The van der Waals surface area contributed by atoms with Crippen molar-refractivity contribution in [3.05, 3.63) is 33.8 Å². The summed E-state index contributed by atoms with van der Waals surface area (Å²) in [6, 6.07) is 6.00. The van der Waals surface area contributed by atoms with E-state index in [1.165, 1.54) is 0 Å². The Bertz CT molecular complexity index is 347. The van der Waals surface area contributed by atoms with E-state index in [4.69, 9.17) is 23.2 Å². The first kappa shape index (κ1) is 9.04. The van der Waals surface area contributed by atoms with Gasteiger partial charge in [0.25, 0.3) is 0 Å². The van der Waals surface area contributed by atoms with E-state index in [1.807, 2.05) is 24.4 Å². The lowest BCUT2D eigenvalue weighted by Gasteiger charge is -2.07. The van der Waals surface area contributed by atoms with Crippen LogP contribution < -0.4 is 0 Å². The molecule has 1 aromatic carbocycles. The van der Waals surface area contributed by atoms with E-state index in [2.05, 4.69) is 4.99 Å². The van der Waals surface area contributed by atoms with Crippen molar-refractivity contribution in [1.82, 2.24) is 0 Å². The molecule has 13 heavy (non-hydrogen) atoms. The van der Waals surface area contributed by atoms with Gasteiger partial charge in [-0.15, -0.1) is 0 Å². The second kappa shape index (κ2) is 3.69. The molecule has 68 valence electrons. The van der Waals surface area contributed by atoms with Crippen molar-refractivity contribution in [1.29, 1.82) is 0 Å². The summed E-state index contributed by atoms with van der Waals surface area (Å²) in [6.07, 6.45) is 4.11. The van der Waals surface area contributed by atoms with E-state index in [0.29, 0.717) is 10.0 Å². The fourth-order valence-corrected chi connectivity index (χ4v) is 1.79. The van der Waals surface area contributed by atoms with Crippen molar-refractivity contribution >= 4 is 29.4 Å². The summed E-state index contributed by atoms with van der Waals surface area (Å²) in [4.78, 5) is 4.35. The number of benzene rings is 1. The molecule has 1 atom stereocenters. The smallest absolute Gasteiger partial charge is 0.0749 e. The maximum absolute atomic E-state index is 5.91. The predicted octanol–water partition coefficient (Wildman–Crippen LogP) is 3.90. The Labute approximate surface area is 87.4 Å². The van der Waals surface area contributed by atoms with Gasteiger partial charge in [0.15, 0.2) is 0 Å². The molecule has 0 radical (unpaired) electrons. The molecule has 1 nitrogen and oxygen atoms in total. The molecule has 0 saturated heterocycles. The molecule has 0 fully saturated rings. The molecule has 1 aliphatic heterocycles. The number of nitrogens with zero attached hydrogens (tertiary/aromatic N) is 1. The number of hydrogen-bond acceptors (Lipinski definition) is 1. The quantitative estimate of drug-likeness (QED) is 0.672. The van der Waals surface area contributed by atoms with Crippen LogP contribution >= 0.6 is 23.2 Å². The van der Waals surface area contributed by atoms with Crippen LogP contribution in [0.5, 0.6) is 0 Å².